The number of carbonyl (C=O) groups is 3. The van der Waals surface area contributed by atoms with E-state index in [-0.39, 0.29) is 11.7 Å². The van der Waals surface area contributed by atoms with Gasteiger partial charge < -0.3 is 9.73 Å². The molecule has 0 radical (unpaired) electrons. The summed E-state index contributed by atoms with van der Waals surface area (Å²) in [7, 11) is 0. The van der Waals surface area contributed by atoms with E-state index < -0.39 is 17.7 Å². The Hall–Kier alpha value is -3.59. The van der Waals surface area contributed by atoms with Crippen LogP contribution in [-0.2, 0) is 9.59 Å². The van der Waals surface area contributed by atoms with Gasteiger partial charge in [0, 0.05) is 17.1 Å². The van der Waals surface area contributed by atoms with Gasteiger partial charge in [-0.3, -0.25) is 25.2 Å². The van der Waals surface area contributed by atoms with Gasteiger partial charge in [-0.1, -0.05) is 11.6 Å². The number of halogens is 1. The van der Waals surface area contributed by atoms with Crippen molar-refractivity contribution in [2.75, 3.05) is 0 Å². The first-order valence-corrected chi connectivity index (χ1v) is 9.20. The smallest absolute Gasteiger partial charge is 0.327 e. The molecule has 0 bridgehead atoms. The third-order valence-corrected chi connectivity index (χ3v) is 4.45. The maximum Gasteiger partial charge on any atom is 0.327 e. The number of hydrogen-bond acceptors (Lipinski definition) is 5. The van der Waals surface area contributed by atoms with Crippen LogP contribution in [0.25, 0.3) is 17.1 Å². The second-order valence-electron chi connectivity index (χ2n) is 6.44. The predicted octanol–water partition coefficient (Wildman–Crippen LogP) is 1.83. The Morgan fingerprint density at radius 1 is 1.07 bits per heavy atom. The number of furan rings is 1. The van der Waals surface area contributed by atoms with Gasteiger partial charge in [0.05, 0.1) is 12.0 Å². The molecule has 1 fully saturated rings. The summed E-state index contributed by atoms with van der Waals surface area (Å²) in [6, 6.07) is 11.9. The largest absolute Gasteiger partial charge is 0.463 e. The topological polar surface area (TPSA) is 118 Å². The van der Waals surface area contributed by atoms with Crippen molar-refractivity contribution in [2.24, 2.45) is 0 Å². The SMILES string of the molecule is O=C(NNC(=O)c1cc(-c2ccco2)n(-c2ccc(Cl)cc2)n1)C(=O)NC1CC1. The zero-order valence-electron chi connectivity index (χ0n) is 15.0. The average Bonchev–Trinajstić information content (AvgIpc) is 3.20. The van der Waals surface area contributed by atoms with Crippen molar-refractivity contribution in [1.82, 2.24) is 25.9 Å². The fourth-order valence-electron chi connectivity index (χ4n) is 2.58. The molecule has 0 atom stereocenters. The van der Waals surface area contributed by atoms with Crippen LogP contribution in [0.1, 0.15) is 23.3 Å². The molecule has 0 aliphatic heterocycles. The van der Waals surface area contributed by atoms with E-state index in [1.165, 1.54) is 17.0 Å². The molecule has 4 rings (SSSR count). The number of benzene rings is 1. The summed E-state index contributed by atoms with van der Waals surface area (Å²) in [6.07, 6.45) is 3.21. The van der Waals surface area contributed by atoms with E-state index in [4.69, 9.17) is 16.0 Å². The van der Waals surface area contributed by atoms with Gasteiger partial charge >= 0.3 is 11.8 Å². The zero-order chi connectivity index (χ0) is 20.4. The first-order valence-electron chi connectivity index (χ1n) is 8.82. The Bertz CT molecular complexity index is 1050. The molecule has 1 aromatic carbocycles. The van der Waals surface area contributed by atoms with Gasteiger partial charge in [-0.25, -0.2) is 4.68 Å². The number of nitrogens with one attached hydrogen (secondary N) is 3. The Morgan fingerprint density at radius 3 is 2.48 bits per heavy atom. The van der Waals surface area contributed by atoms with E-state index in [1.807, 2.05) is 0 Å². The maximum atomic E-state index is 12.4. The number of hydrazine groups is 1. The molecule has 3 amide bonds. The van der Waals surface area contributed by atoms with E-state index >= 15 is 0 Å². The van der Waals surface area contributed by atoms with E-state index in [9.17, 15) is 14.4 Å². The second-order valence-corrected chi connectivity index (χ2v) is 6.87. The van der Waals surface area contributed by atoms with Crippen LogP contribution in [0.2, 0.25) is 5.02 Å². The molecular weight excluding hydrogens is 398 g/mol. The van der Waals surface area contributed by atoms with E-state index in [1.54, 1.807) is 36.4 Å². The highest BCUT2D eigenvalue weighted by atomic mass is 35.5. The van der Waals surface area contributed by atoms with Crippen LogP contribution in [0.3, 0.4) is 0 Å². The first kappa shape index (κ1) is 18.8. The fourth-order valence-corrected chi connectivity index (χ4v) is 2.71. The summed E-state index contributed by atoms with van der Waals surface area (Å²) in [4.78, 5) is 35.9. The van der Waals surface area contributed by atoms with Crippen LogP contribution in [0.15, 0.2) is 53.1 Å². The van der Waals surface area contributed by atoms with Gasteiger partial charge in [-0.15, -0.1) is 0 Å². The van der Waals surface area contributed by atoms with Crippen LogP contribution < -0.4 is 16.2 Å². The molecule has 10 heteroatoms. The minimum absolute atomic E-state index is 0.0225. The Labute approximate surface area is 170 Å². The number of aromatic nitrogens is 2. The molecule has 29 heavy (non-hydrogen) atoms. The van der Waals surface area contributed by atoms with Crippen LogP contribution in [0.4, 0.5) is 0 Å². The number of amides is 3. The van der Waals surface area contributed by atoms with Gasteiger partial charge in [-0.2, -0.15) is 5.10 Å². The fraction of sp³-hybridized carbons (Fsp3) is 0.158. The molecule has 3 N–H and O–H groups in total. The highest BCUT2D eigenvalue weighted by molar-refractivity contribution is 6.35. The van der Waals surface area contributed by atoms with Gasteiger partial charge in [0.15, 0.2) is 11.5 Å². The minimum atomic E-state index is -0.950. The molecule has 2 aromatic heterocycles. The third-order valence-electron chi connectivity index (χ3n) is 4.20. The third kappa shape index (κ3) is 4.30. The molecule has 1 saturated carbocycles. The molecule has 1 aliphatic rings. The highest BCUT2D eigenvalue weighted by Crippen LogP contribution is 2.25. The lowest BCUT2D eigenvalue weighted by atomic mass is 10.2. The van der Waals surface area contributed by atoms with Crippen molar-refractivity contribution in [3.05, 3.63) is 59.4 Å². The van der Waals surface area contributed by atoms with Gasteiger partial charge in [0.1, 0.15) is 5.69 Å². The zero-order valence-corrected chi connectivity index (χ0v) is 15.8. The normalized spacial score (nSPS) is 13.0. The molecule has 0 saturated heterocycles. The monoisotopic (exact) mass is 413 g/mol. The minimum Gasteiger partial charge on any atom is -0.463 e. The standard InChI is InChI=1S/C19H16ClN5O4/c20-11-3-7-13(8-4-11)25-15(16-2-1-9-29-16)10-14(24-25)17(26)22-23-19(28)18(27)21-12-5-6-12/h1-4,7-10,12H,5-6H2,(H,21,27)(H,22,26)(H,23,28). The second kappa shape index (κ2) is 7.80. The van der Waals surface area contributed by atoms with Gasteiger partial charge in [0.25, 0.3) is 5.91 Å². The van der Waals surface area contributed by atoms with Gasteiger partial charge in [-0.05, 0) is 49.2 Å². The average molecular weight is 414 g/mol. The molecular formula is C19H16ClN5O4. The lowest BCUT2D eigenvalue weighted by Crippen LogP contribution is -2.49. The van der Waals surface area contributed by atoms with E-state index in [2.05, 4.69) is 21.3 Å². The highest BCUT2D eigenvalue weighted by Gasteiger charge is 2.27. The molecule has 0 spiro atoms. The maximum absolute atomic E-state index is 12.4. The van der Waals surface area contributed by atoms with Crippen molar-refractivity contribution < 1.29 is 18.8 Å². The molecule has 148 valence electrons. The van der Waals surface area contributed by atoms with Crippen molar-refractivity contribution in [2.45, 2.75) is 18.9 Å². The van der Waals surface area contributed by atoms with Crippen LogP contribution >= 0.6 is 11.6 Å². The summed E-state index contributed by atoms with van der Waals surface area (Å²) < 4.78 is 6.95. The van der Waals surface area contributed by atoms with Gasteiger partial charge in [0.2, 0.25) is 0 Å². The van der Waals surface area contributed by atoms with Crippen LogP contribution in [0.5, 0.6) is 0 Å². The quantitative estimate of drug-likeness (QED) is 0.445. The molecule has 9 nitrogen and oxygen atoms in total. The summed E-state index contributed by atoms with van der Waals surface area (Å²) >= 11 is 5.94. The van der Waals surface area contributed by atoms with Crippen molar-refractivity contribution >= 4 is 29.3 Å². The van der Waals surface area contributed by atoms with Crippen molar-refractivity contribution in [3.63, 3.8) is 0 Å². The lowest BCUT2D eigenvalue weighted by Gasteiger charge is -2.06. The Balaban J connectivity index is 1.53. The van der Waals surface area contributed by atoms with Crippen molar-refractivity contribution in [1.29, 1.82) is 0 Å². The summed E-state index contributed by atoms with van der Waals surface area (Å²) in [5.74, 6) is -1.93. The molecule has 0 unspecified atom stereocenters. The van der Waals surface area contributed by atoms with E-state index in [0.29, 0.717) is 22.2 Å². The summed E-state index contributed by atoms with van der Waals surface area (Å²) in [5.41, 5.74) is 5.49. The first-order chi connectivity index (χ1) is 14.0. The summed E-state index contributed by atoms with van der Waals surface area (Å²) in [6.45, 7) is 0. The van der Waals surface area contributed by atoms with Crippen LogP contribution in [0, 0.1) is 0 Å². The van der Waals surface area contributed by atoms with Crippen LogP contribution in [-0.4, -0.2) is 33.5 Å². The summed E-state index contributed by atoms with van der Waals surface area (Å²) in [5, 5.41) is 7.39. The number of rotatable bonds is 4. The number of hydrogen-bond donors (Lipinski definition) is 3. The van der Waals surface area contributed by atoms with Crippen molar-refractivity contribution in [3.8, 4) is 17.1 Å². The predicted molar refractivity (Wildman–Crippen MR) is 103 cm³/mol. The van der Waals surface area contributed by atoms with E-state index in [0.717, 1.165) is 12.8 Å². The number of nitrogens with zero attached hydrogens (tertiary/aromatic N) is 2. The number of carbonyl (C=O) groups excluding carboxylic acids is 3. The Morgan fingerprint density at radius 2 is 1.83 bits per heavy atom. The molecule has 2 heterocycles. The molecule has 3 aromatic rings. The lowest BCUT2D eigenvalue weighted by molar-refractivity contribution is -0.139. The molecule has 1 aliphatic carbocycles. The Kier molecular flexibility index (Phi) is 5.05.